The van der Waals surface area contributed by atoms with E-state index in [-0.39, 0.29) is 43.0 Å². The predicted molar refractivity (Wildman–Crippen MR) is 257 cm³/mol. The maximum absolute atomic E-state index is 16.5. The zero-order valence-electron chi connectivity index (χ0n) is 38.8. The van der Waals surface area contributed by atoms with Crippen molar-refractivity contribution in [1.29, 1.82) is 0 Å². The lowest BCUT2D eigenvalue weighted by atomic mass is 9.65. The fraction of sp³-hybridized carbons (Fsp3) is 0.273. The van der Waals surface area contributed by atoms with Gasteiger partial charge in [-0.1, -0.05) is 121 Å². The fourth-order valence-electron chi connectivity index (χ4n) is 10.1. The van der Waals surface area contributed by atoms with E-state index in [4.69, 9.17) is 18.9 Å². The molecule has 0 aliphatic carbocycles. The van der Waals surface area contributed by atoms with Gasteiger partial charge in [0, 0.05) is 18.5 Å². The molecule has 0 unspecified atom stereocenters. The highest BCUT2D eigenvalue weighted by Gasteiger charge is 2.75. The van der Waals surface area contributed by atoms with Crippen LogP contribution in [0.25, 0.3) is 0 Å². The summed E-state index contributed by atoms with van der Waals surface area (Å²) in [6.45, 7) is 5.21. The summed E-state index contributed by atoms with van der Waals surface area (Å²) in [5, 5.41) is 15.7. The van der Waals surface area contributed by atoms with E-state index in [0.717, 1.165) is 24.7 Å². The molecule has 8 rings (SSSR count). The highest BCUT2D eigenvalue weighted by atomic mass is 16.6. The van der Waals surface area contributed by atoms with E-state index in [1.165, 1.54) is 6.08 Å². The molecular weight excluding hydrogens is 893 g/mol. The van der Waals surface area contributed by atoms with Crippen LogP contribution >= 0.6 is 0 Å². The summed E-state index contributed by atoms with van der Waals surface area (Å²) < 4.78 is 22.2. The van der Waals surface area contributed by atoms with Gasteiger partial charge in [0.2, 0.25) is 11.8 Å². The summed E-state index contributed by atoms with van der Waals surface area (Å²) in [6.07, 6.45) is 0.226. The molecule has 0 bridgehead atoms. The number of nitrogens with zero attached hydrogens (tertiary/aromatic N) is 2. The largest absolute Gasteiger partial charge is 0.491 e. The molecule has 4 amide bonds. The van der Waals surface area contributed by atoms with Crippen molar-refractivity contribution in [3.8, 4) is 17.6 Å². The third-order valence-corrected chi connectivity index (χ3v) is 13.0. The Morgan fingerprint density at radius 1 is 0.829 bits per heavy atom. The van der Waals surface area contributed by atoms with E-state index in [2.05, 4.69) is 29.1 Å². The van der Waals surface area contributed by atoms with Crippen LogP contribution in [0.4, 0.5) is 10.5 Å². The van der Waals surface area contributed by atoms with Crippen LogP contribution in [0.2, 0.25) is 0 Å². The number of ether oxygens (including phenoxy) is 4. The molecule has 0 aromatic heterocycles. The molecule has 15 heteroatoms. The van der Waals surface area contributed by atoms with Gasteiger partial charge in [0.05, 0.1) is 50.6 Å². The molecule has 3 aliphatic heterocycles. The van der Waals surface area contributed by atoms with Gasteiger partial charge >= 0.3 is 23.9 Å². The number of carbonyl (C=O) groups is 6. The highest BCUT2D eigenvalue weighted by molar-refractivity contribution is 6.24. The van der Waals surface area contributed by atoms with Gasteiger partial charge < -0.3 is 34.7 Å². The number of morpholine rings is 1. The molecule has 3 N–H and O–H groups in total. The lowest BCUT2D eigenvalue weighted by Crippen LogP contribution is -2.56. The first-order valence-corrected chi connectivity index (χ1v) is 22.8. The van der Waals surface area contributed by atoms with Crippen molar-refractivity contribution in [3.63, 3.8) is 0 Å². The zero-order chi connectivity index (χ0) is 49.5. The number of aliphatic hydroxyl groups is 1. The first-order valence-electron chi connectivity index (χ1n) is 22.8. The van der Waals surface area contributed by atoms with Crippen molar-refractivity contribution < 1.29 is 52.8 Å². The number of nitrogens with one attached hydrogen (secondary N) is 2. The van der Waals surface area contributed by atoms with E-state index in [1.54, 1.807) is 49.4 Å². The molecule has 15 nitrogen and oxygen atoms in total. The third-order valence-electron chi connectivity index (χ3n) is 13.0. The van der Waals surface area contributed by atoms with Crippen molar-refractivity contribution in [2.24, 2.45) is 11.8 Å². The monoisotopic (exact) mass is 944 g/mol. The van der Waals surface area contributed by atoms with Crippen LogP contribution < -0.4 is 20.3 Å². The molecule has 3 heterocycles. The first kappa shape index (κ1) is 48.4. The Hall–Kier alpha value is -8.06. The molecule has 0 saturated carbocycles. The van der Waals surface area contributed by atoms with Gasteiger partial charge in [-0.3, -0.25) is 28.9 Å². The summed E-state index contributed by atoms with van der Waals surface area (Å²) in [6, 6.07) is 34.5. The maximum Gasteiger partial charge on any atom is 0.329 e. The summed E-state index contributed by atoms with van der Waals surface area (Å²) in [4.78, 5) is 90.5. The molecule has 2 fully saturated rings. The Kier molecular flexibility index (Phi) is 14.6. The third kappa shape index (κ3) is 8.90. The number of amides is 4. The molecule has 0 radical (unpaired) electrons. The van der Waals surface area contributed by atoms with Crippen LogP contribution in [0.5, 0.6) is 5.75 Å². The van der Waals surface area contributed by atoms with Crippen LogP contribution in [0.3, 0.4) is 0 Å². The Morgan fingerprint density at radius 2 is 1.47 bits per heavy atom. The summed E-state index contributed by atoms with van der Waals surface area (Å²) in [5.41, 5.74) is 1.05. The molecule has 7 atom stereocenters. The second-order valence-corrected chi connectivity index (χ2v) is 17.0. The van der Waals surface area contributed by atoms with Crippen molar-refractivity contribution >= 4 is 41.4 Å². The normalized spacial score (nSPS) is 21.6. The number of aliphatic hydroxyl groups excluding tert-OH is 1. The average Bonchev–Trinajstić information content (AvgIpc) is 3.85. The molecular formula is C55H52N4O11. The van der Waals surface area contributed by atoms with E-state index in [0.29, 0.717) is 22.4 Å². The second-order valence-electron chi connectivity index (χ2n) is 17.0. The number of fused-ring (bicyclic) bond motifs is 3. The molecule has 2 saturated heterocycles. The van der Waals surface area contributed by atoms with Gasteiger partial charge in [0.25, 0.3) is 0 Å². The number of methoxy groups -OCH3 is 2. The molecule has 1 spiro atoms. The minimum Gasteiger partial charge on any atom is -0.491 e. The van der Waals surface area contributed by atoms with Gasteiger partial charge in [-0.25, -0.2) is 9.69 Å². The number of imide groups is 1. The van der Waals surface area contributed by atoms with Crippen molar-refractivity contribution in [3.05, 3.63) is 179 Å². The number of benzene rings is 5. The number of cyclic esters (lactones) is 1. The zero-order valence-corrected chi connectivity index (χ0v) is 38.8. The van der Waals surface area contributed by atoms with Crippen LogP contribution in [0.1, 0.15) is 71.0 Å². The number of hydrogen-bond donors (Lipinski definition) is 3. The van der Waals surface area contributed by atoms with Crippen LogP contribution in [-0.2, 0) is 43.6 Å². The van der Waals surface area contributed by atoms with E-state index >= 15 is 19.2 Å². The average molecular weight is 945 g/mol. The van der Waals surface area contributed by atoms with Gasteiger partial charge in [-0.05, 0) is 65.1 Å². The SMILES string of the molecule is C=CCNC(=O)[C@@H]1[C@H]2C(=O)O[C@H](c3ccccc3)[C@H](c3ccccc3)N2[C@H](c2cccc(OCCO)c2)[C@@]12C(=O)N(C(=O)N[C@H](C)c1ccccc1)c1ccc(C#CCC(C(=O)OC)C(=O)OC)cc12. The van der Waals surface area contributed by atoms with Gasteiger partial charge in [-0.2, -0.15) is 0 Å². The Morgan fingerprint density at radius 3 is 2.11 bits per heavy atom. The number of anilines is 1. The molecule has 70 heavy (non-hydrogen) atoms. The quantitative estimate of drug-likeness (QED) is 0.0377. The number of hydrogen-bond acceptors (Lipinski definition) is 12. The van der Waals surface area contributed by atoms with Crippen LogP contribution in [0.15, 0.2) is 146 Å². The van der Waals surface area contributed by atoms with Crippen molar-refractivity contribution in [2.45, 2.75) is 49.0 Å². The molecule has 5 aromatic carbocycles. The van der Waals surface area contributed by atoms with E-state index in [1.807, 2.05) is 95.9 Å². The fourth-order valence-corrected chi connectivity index (χ4v) is 10.1. The standard InChI is InChI=1S/C55H52N4O11/c1-5-29-56-49(61)44-46-52(64)70-47(38-22-13-8-14-23-38)45(37-20-11-7-12-21-37)59(46)48(39-24-16-25-40(33-39)69-31-30-60)55(44)42-32-35(17-15-26-41(50(62)67-3)51(63)68-4)27-28-43(42)58(53(55)65)54(66)57-34(2)36-18-9-6-10-19-36/h5-14,16,18-25,27-28,32-34,41,44-48,60H,1,26,29-31H2,2-4H3,(H,56,61)(H,57,66)/t34-,44+,45+,46+,47-,48-,55+/m1/s1. The lowest BCUT2D eigenvalue weighted by molar-refractivity contribution is -0.178. The summed E-state index contributed by atoms with van der Waals surface area (Å²) in [7, 11) is 2.29. The Bertz CT molecular complexity index is 2830. The number of carbonyl (C=O) groups excluding carboxylic acids is 6. The van der Waals surface area contributed by atoms with Crippen LogP contribution in [0, 0.1) is 23.7 Å². The predicted octanol–water partition coefficient (Wildman–Crippen LogP) is 6.20. The van der Waals surface area contributed by atoms with Gasteiger partial charge in [0.1, 0.15) is 29.9 Å². The molecule has 3 aliphatic rings. The Labute approximate surface area is 405 Å². The smallest absolute Gasteiger partial charge is 0.329 e. The number of rotatable bonds is 14. The van der Waals surface area contributed by atoms with Crippen molar-refractivity contribution in [1.82, 2.24) is 15.5 Å². The first-order chi connectivity index (χ1) is 34.0. The van der Waals surface area contributed by atoms with E-state index in [9.17, 15) is 14.7 Å². The minimum absolute atomic E-state index is 0.0377. The number of urea groups is 1. The number of esters is 3. The van der Waals surface area contributed by atoms with E-state index < -0.39 is 83.3 Å². The second kappa shape index (κ2) is 21.1. The lowest BCUT2D eigenvalue weighted by Gasteiger charge is -2.46. The molecule has 5 aromatic rings. The van der Waals surface area contributed by atoms with Gasteiger partial charge in [0.15, 0.2) is 5.92 Å². The summed E-state index contributed by atoms with van der Waals surface area (Å²) >= 11 is 0. The summed E-state index contributed by atoms with van der Waals surface area (Å²) in [5.74, 6) is -0.670. The minimum atomic E-state index is -2.12. The Balaban J connectivity index is 1.43. The van der Waals surface area contributed by atoms with Crippen molar-refractivity contribution in [2.75, 3.05) is 38.9 Å². The van der Waals surface area contributed by atoms with Crippen LogP contribution in [-0.4, -0.2) is 85.8 Å². The molecule has 358 valence electrons. The maximum atomic E-state index is 16.5. The topological polar surface area (TPSA) is 190 Å². The highest BCUT2D eigenvalue weighted by Crippen LogP contribution is 2.66. The van der Waals surface area contributed by atoms with Gasteiger partial charge in [-0.15, -0.1) is 6.58 Å².